The van der Waals surface area contributed by atoms with Crippen LogP contribution in [-0.2, 0) is 13.0 Å². The molecule has 2 aromatic rings. The third-order valence-electron chi connectivity index (χ3n) is 3.94. The minimum Gasteiger partial charge on any atom is -0.489 e. The fourth-order valence-corrected chi connectivity index (χ4v) is 2.70. The Morgan fingerprint density at radius 3 is 2.90 bits per heavy atom. The molecule has 20 heavy (non-hydrogen) atoms. The summed E-state index contributed by atoms with van der Waals surface area (Å²) in [5.74, 6) is 0.638. The second kappa shape index (κ2) is 5.25. The molecule has 0 heterocycles. The van der Waals surface area contributed by atoms with Gasteiger partial charge in [0, 0.05) is 6.04 Å². The zero-order chi connectivity index (χ0) is 14.1. The molecule has 0 saturated carbocycles. The van der Waals surface area contributed by atoms with E-state index < -0.39 is 0 Å². The number of benzene rings is 2. The van der Waals surface area contributed by atoms with Crippen molar-refractivity contribution in [2.24, 2.45) is 5.73 Å². The normalized spacial score (nSPS) is 17.1. The number of nitrogens with two attached hydrogens (primary N) is 1. The maximum Gasteiger partial charge on any atom is 0.123 e. The fourth-order valence-electron chi connectivity index (χ4n) is 2.70. The van der Waals surface area contributed by atoms with E-state index in [1.54, 1.807) is 6.07 Å². The maximum atomic E-state index is 13.0. The Morgan fingerprint density at radius 2 is 2.10 bits per heavy atom. The van der Waals surface area contributed by atoms with E-state index >= 15 is 0 Å². The van der Waals surface area contributed by atoms with Gasteiger partial charge in [0.25, 0.3) is 0 Å². The summed E-state index contributed by atoms with van der Waals surface area (Å²) in [5, 5.41) is 0. The molecular weight excluding hydrogens is 253 g/mol. The monoisotopic (exact) mass is 271 g/mol. The Balaban J connectivity index is 1.73. The summed E-state index contributed by atoms with van der Waals surface area (Å²) < 4.78 is 18.9. The highest BCUT2D eigenvalue weighted by molar-refractivity contribution is 5.40. The third-order valence-corrected chi connectivity index (χ3v) is 3.94. The second-order valence-corrected chi connectivity index (χ2v) is 5.37. The van der Waals surface area contributed by atoms with Crippen LogP contribution in [0.2, 0.25) is 0 Å². The molecule has 1 unspecified atom stereocenters. The highest BCUT2D eigenvalue weighted by Gasteiger charge is 2.19. The molecule has 0 amide bonds. The summed E-state index contributed by atoms with van der Waals surface area (Å²) in [6.45, 7) is 2.35. The van der Waals surface area contributed by atoms with Crippen molar-refractivity contribution in [3.63, 3.8) is 0 Å². The van der Waals surface area contributed by atoms with Crippen LogP contribution in [0.15, 0.2) is 36.4 Å². The van der Waals surface area contributed by atoms with Crippen LogP contribution in [0, 0.1) is 12.7 Å². The fraction of sp³-hybridized carbons (Fsp3) is 0.294. The Hall–Kier alpha value is -1.87. The summed E-state index contributed by atoms with van der Waals surface area (Å²) >= 11 is 0. The molecule has 1 atom stereocenters. The predicted octanol–water partition coefficient (Wildman–Crippen LogP) is 3.66. The van der Waals surface area contributed by atoms with Gasteiger partial charge in [0.05, 0.1) is 0 Å². The number of hydrogen-bond donors (Lipinski definition) is 1. The number of ether oxygens (including phenoxy) is 1. The van der Waals surface area contributed by atoms with E-state index in [1.165, 1.54) is 23.3 Å². The molecule has 1 aliphatic carbocycles. The van der Waals surface area contributed by atoms with Crippen LogP contribution in [0.4, 0.5) is 4.39 Å². The van der Waals surface area contributed by atoms with Gasteiger partial charge in [-0.05, 0) is 66.3 Å². The summed E-state index contributed by atoms with van der Waals surface area (Å²) in [7, 11) is 0. The maximum absolute atomic E-state index is 13.0. The van der Waals surface area contributed by atoms with Gasteiger partial charge in [-0.15, -0.1) is 0 Å². The van der Waals surface area contributed by atoms with Crippen molar-refractivity contribution >= 4 is 0 Å². The lowest BCUT2D eigenvalue weighted by Crippen LogP contribution is -2.05. The van der Waals surface area contributed by atoms with E-state index in [0.717, 1.165) is 29.7 Å². The van der Waals surface area contributed by atoms with Gasteiger partial charge in [0.1, 0.15) is 18.2 Å². The predicted molar refractivity (Wildman–Crippen MR) is 77.2 cm³/mol. The topological polar surface area (TPSA) is 35.2 Å². The van der Waals surface area contributed by atoms with Gasteiger partial charge in [-0.3, -0.25) is 0 Å². The van der Waals surface area contributed by atoms with Gasteiger partial charge in [0.15, 0.2) is 0 Å². The smallest absolute Gasteiger partial charge is 0.123 e. The molecule has 0 aliphatic heterocycles. The second-order valence-electron chi connectivity index (χ2n) is 5.37. The highest BCUT2D eigenvalue weighted by atomic mass is 19.1. The highest BCUT2D eigenvalue weighted by Crippen LogP contribution is 2.32. The molecule has 0 radical (unpaired) electrons. The summed E-state index contributed by atoms with van der Waals surface area (Å²) in [4.78, 5) is 0. The number of hydrogen-bond acceptors (Lipinski definition) is 2. The zero-order valence-electron chi connectivity index (χ0n) is 11.5. The average Bonchev–Trinajstić information content (AvgIpc) is 2.79. The lowest BCUT2D eigenvalue weighted by Gasteiger charge is -2.11. The van der Waals surface area contributed by atoms with Gasteiger partial charge in [-0.1, -0.05) is 12.1 Å². The first-order valence-electron chi connectivity index (χ1n) is 6.90. The van der Waals surface area contributed by atoms with Crippen LogP contribution in [0.3, 0.4) is 0 Å². The quantitative estimate of drug-likeness (QED) is 0.924. The number of aryl methyl sites for hydroxylation is 2. The van der Waals surface area contributed by atoms with E-state index in [1.807, 2.05) is 13.0 Å². The molecule has 3 rings (SSSR count). The van der Waals surface area contributed by atoms with E-state index in [0.29, 0.717) is 6.61 Å². The molecular formula is C17H18FNO. The van der Waals surface area contributed by atoms with Gasteiger partial charge in [-0.2, -0.15) is 0 Å². The van der Waals surface area contributed by atoms with Crippen LogP contribution < -0.4 is 10.5 Å². The Labute approximate surface area is 118 Å². The molecule has 0 bridgehead atoms. The van der Waals surface area contributed by atoms with E-state index in [2.05, 4.69) is 12.1 Å². The molecule has 2 aromatic carbocycles. The Kier molecular flexibility index (Phi) is 3.45. The molecule has 0 saturated heterocycles. The number of fused-ring (bicyclic) bond motifs is 1. The van der Waals surface area contributed by atoms with Crippen molar-refractivity contribution in [2.45, 2.75) is 32.4 Å². The molecule has 104 valence electrons. The van der Waals surface area contributed by atoms with Gasteiger partial charge >= 0.3 is 0 Å². The van der Waals surface area contributed by atoms with Crippen molar-refractivity contribution in [1.29, 1.82) is 0 Å². The number of rotatable bonds is 3. The van der Waals surface area contributed by atoms with Crippen LogP contribution in [0.25, 0.3) is 0 Å². The van der Waals surface area contributed by atoms with Crippen LogP contribution in [0.5, 0.6) is 5.75 Å². The molecule has 0 aromatic heterocycles. The van der Waals surface area contributed by atoms with Crippen LogP contribution in [-0.4, -0.2) is 0 Å². The lowest BCUT2D eigenvalue weighted by atomic mass is 10.1. The number of halogens is 1. The Morgan fingerprint density at radius 1 is 1.25 bits per heavy atom. The molecule has 2 N–H and O–H groups in total. The molecule has 1 aliphatic rings. The van der Waals surface area contributed by atoms with Crippen LogP contribution >= 0.6 is 0 Å². The third kappa shape index (κ3) is 2.54. The lowest BCUT2D eigenvalue weighted by molar-refractivity contribution is 0.305. The standard InChI is InChI=1S/C17H18FNO/c1-11-8-14(18)4-2-13(11)10-20-15-5-6-16-12(9-15)3-7-17(16)19/h2,4-6,8-9,17H,3,7,10,19H2,1H3. The summed E-state index contributed by atoms with van der Waals surface area (Å²) in [5.41, 5.74) is 10.4. The van der Waals surface area contributed by atoms with Crippen molar-refractivity contribution in [3.05, 3.63) is 64.5 Å². The summed E-state index contributed by atoms with van der Waals surface area (Å²) in [6.07, 6.45) is 2.03. The van der Waals surface area contributed by atoms with Gasteiger partial charge in [-0.25, -0.2) is 4.39 Å². The molecule has 3 heteroatoms. The molecule has 0 spiro atoms. The first kappa shape index (κ1) is 13.1. The van der Waals surface area contributed by atoms with Gasteiger partial charge < -0.3 is 10.5 Å². The SMILES string of the molecule is Cc1cc(F)ccc1COc1ccc2c(c1)CCC2N. The van der Waals surface area contributed by atoms with Crippen LogP contribution in [0.1, 0.15) is 34.7 Å². The first-order valence-corrected chi connectivity index (χ1v) is 6.90. The zero-order valence-corrected chi connectivity index (χ0v) is 11.5. The first-order chi connectivity index (χ1) is 9.63. The average molecular weight is 271 g/mol. The van der Waals surface area contributed by atoms with Crippen molar-refractivity contribution in [2.75, 3.05) is 0 Å². The van der Waals surface area contributed by atoms with Gasteiger partial charge in [0.2, 0.25) is 0 Å². The molecule has 2 nitrogen and oxygen atoms in total. The Bertz CT molecular complexity index is 639. The van der Waals surface area contributed by atoms with E-state index in [-0.39, 0.29) is 11.9 Å². The largest absolute Gasteiger partial charge is 0.489 e. The molecule has 0 fully saturated rings. The minimum atomic E-state index is -0.210. The summed E-state index contributed by atoms with van der Waals surface area (Å²) in [6, 6.07) is 11.0. The van der Waals surface area contributed by atoms with Crippen molar-refractivity contribution in [1.82, 2.24) is 0 Å². The van der Waals surface area contributed by atoms with E-state index in [4.69, 9.17) is 10.5 Å². The minimum absolute atomic E-state index is 0.165. The van der Waals surface area contributed by atoms with Crippen molar-refractivity contribution < 1.29 is 9.13 Å². The van der Waals surface area contributed by atoms with Crippen molar-refractivity contribution in [3.8, 4) is 5.75 Å². The van der Waals surface area contributed by atoms with E-state index in [9.17, 15) is 4.39 Å².